The summed E-state index contributed by atoms with van der Waals surface area (Å²) in [5.74, 6) is -0.0803. The number of benzene rings is 1. The first-order chi connectivity index (χ1) is 10.6. The van der Waals surface area contributed by atoms with Gasteiger partial charge >= 0.3 is 0 Å². The number of hydrogen-bond donors (Lipinski definition) is 0. The Bertz CT molecular complexity index is 823. The molecule has 0 radical (unpaired) electrons. The molecule has 1 amide bonds. The Morgan fingerprint density at radius 1 is 1.41 bits per heavy atom. The van der Waals surface area contributed by atoms with Gasteiger partial charge in [-0.25, -0.2) is 0 Å². The first kappa shape index (κ1) is 14.3. The van der Waals surface area contributed by atoms with Gasteiger partial charge < -0.3 is 4.90 Å². The summed E-state index contributed by atoms with van der Waals surface area (Å²) in [4.78, 5) is 18.2. The number of nitriles is 1. The normalized spacial score (nSPS) is 12.9. The van der Waals surface area contributed by atoms with Crippen LogP contribution >= 0.6 is 11.6 Å². The molecule has 1 aliphatic rings. The van der Waals surface area contributed by atoms with Crippen molar-refractivity contribution in [3.8, 4) is 17.2 Å². The zero-order chi connectivity index (χ0) is 15.7. The van der Waals surface area contributed by atoms with E-state index in [-0.39, 0.29) is 12.5 Å². The monoisotopic (exact) mass is 309 g/mol. The minimum Gasteiger partial charge on any atom is -0.329 e. The van der Waals surface area contributed by atoms with Gasteiger partial charge in [0, 0.05) is 35.6 Å². The average molecular weight is 310 g/mol. The maximum absolute atomic E-state index is 12.4. The van der Waals surface area contributed by atoms with Gasteiger partial charge in [0.1, 0.15) is 0 Å². The smallest absolute Gasteiger partial charge is 0.254 e. The molecule has 1 aromatic carbocycles. The lowest BCUT2D eigenvalue weighted by Gasteiger charge is -2.14. The molecule has 1 aromatic heterocycles. The summed E-state index contributed by atoms with van der Waals surface area (Å²) in [7, 11) is 0. The second kappa shape index (κ2) is 5.63. The third kappa shape index (κ3) is 2.47. The Morgan fingerprint density at radius 2 is 2.18 bits per heavy atom. The molecular weight excluding hydrogens is 298 g/mol. The molecule has 0 saturated heterocycles. The molecule has 108 valence electrons. The highest BCUT2D eigenvalue weighted by Crippen LogP contribution is 2.33. The lowest BCUT2D eigenvalue weighted by Crippen LogP contribution is -2.25. The first-order valence-corrected chi connectivity index (χ1v) is 7.08. The van der Waals surface area contributed by atoms with Crippen LogP contribution in [-0.4, -0.2) is 22.3 Å². The Morgan fingerprint density at radius 3 is 2.91 bits per heavy atom. The zero-order valence-corrected chi connectivity index (χ0v) is 12.5. The number of aromatic nitrogens is 1. The van der Waals surface area contributed by atoms with Gasteiger partial charge in [0.15, 0.2) is 0 Å². The molecule has 2 heterocycles. The second-order valence-electron chi connectivity index (χ2n) is 5.10. The first-order valence-electron chi connectivity index (χ1n) is 6.70. The molecule has 22 heavy (non-hydrogen) atoms. The van der Waals surface area contributed by atoms with Crippen LogP contribution < -0.4 is 0 Å². The molecule has 0 saturated carbocycles. The average Bonchev–Trinajstić information content (AvgIpc) is 2.83. The Hall–Kier alpha value is -2.64. The third-order valence-electron chi connectivity index (χ3n) is 3.60. The van der Waals surface area contributed by atoms with Crippen molar-refractivity contribution in [1.82, 2.24) is 9.88 Å². The number of rotatable bonds is 3. The fourth-order valence-electron chi connectivity index (χ4n) is 2.61. The SMILES string of the molecule is C=C(C#N)CN1Cc2c(cccc2-c2cncc(Cl)c2)C1=O. The minimum atomic E-state index is -0.0803. The highest BCUT2D eigenvalue weighted by atomic mass is 35.5. The number of nitrogens with zero attached hydrogens (tertiary/aromatic N) is 3. The largest absolute Gasteiger partial charge is 0.329 e. The standard InChI is InChI=1S/C17H12ClN3O/c1-11(6-19)9-21-10-16-14(3-2-4-15(16)17(21)22)12-5-13(18)8-20-7-12/h2-5,7-8H,1,9-10H2. The predicted molar refractivity (Wildman–Crippen MR) is 84.2 cm³/mol. The summed E-state index contributed by atoms with van der Waals surface area (Å²) in [6.45, 7) is 4.35. The molecule has 0 atom stereocenters. The molecular formula is C17H12ClN3O. The summed E-state index contributed by atoms with van der Waals surface area (Å²) in [5.41, 5.74) is 3.77. The molecule has 2 aromatic rings. The van der Waals surface area contributed by atoms with Crippen LogP contribution in [0.4, 0.5) is 0 Å². The van der Waals surface area contributed by atoms with E-state index in [4.69, 9.17) is 16.9 Å². The van der Waals surface area contributed by atoms with E-state index in [2.05, 4.69) is 11.6 Å². The molecule has 0 aliphatic carbocycles. The van der Waals surface area contributed by atoms with Crippen molar-refractivity contribution in [1.29, 1.82) is 5.26 Å². The van der Waals surface area contributed by atoms with E-state index in [0.717, 1.165) is 16.7 Å². The highest BCUT2D eigenvalue weighted by Gasteiger charge is 2.29. The van der Waals surface area contributed by atoms with Gasteiger partial charge in [0.25, 0.3) is 5.91 Å². The van der Waals surface area contributed by atoms with E-state index in [9.17, 15) is 4.79 Å². The lowest BCUT2D eigenvalue weighted by atomic mass is 9.98. The minimum absolute atomic E-state index is 0.0803. The molecule has 5 heteroatoms. The summed E-state index contributed by atoms with van der Waals surface area (Å²) >= 11 is 6.00. The number of fused-ring (bicyclic) bond motifs is 1. The van der Waals surface area contributed by atoms with Gasteiger partial charge in [-0.3, -0.25) is 9.78 Å². The van der Waals surface area contributed by atoms with Crippen molar-refractivity contribution >= 4 is 17.5 Å². The van der Waals surface area contributed by atoms with Crippen LogP contribution in [-0.2, 0) is 6.54 Å². The van der Waals surface area contributed by atoms with Crippen molar-refractivity contribution in [3.63, 3.8) is 0 Å². The fraction of sp³-hybridized carbons (Fsp3) is 0.118. The van der Waals surface area contributed by atoms with Crippen LogP contribution in [0.2, 0.25) is 5.02 Å². The van der Waals surface area contributed by atoms with Crippen LogP contribution in [0.3, 0.4) is 0 Å². The van der Waals surface area contributed by atoms with Crippen LogP contribution in [0, 0.1) is 11.3 Å². The number of hydrogen-bond acceptors (Lipinski definition) is 3. The van der Waals surface area contributed by atoms with E-state index in [0.29, 0.717) is 22.7 Å². The Labute approximate surface area is 133 Å². The predicted octanol–water partition coefficient (Wildman–Crippen LogP) is 3.44. The Kier molecular flexibility index (Phi) is 3.66. The van der Waals surface area contributed by atoms with Gasteiger partial charge in [-0.15, -0.1) is 0 Å². The quantitative estimate of drug-likeness (QED) is 0.816. The number of carbonyl (C=O) groups excluding carboxylic acids is 1. The molecule has 0 spiro atoms. The van der Waals surface area contributed by atoms with Gasteiger partial charge in [-0.2, -0.15) is 5.26 Å². The van der Waals surface area contributed by atoms with E-state index >= 15 is 0 Å². The van der Waals surface area contributed by atoms with Gasteiger partial charge in [-0.1, -0.05) is 30.3 Å². The maximum atomic E-state index is 12.4. The summed E-state index contributed by atoms with van der Waals surface area (Å²) < 4.78 is 0. The van der Waals surface area contributed by atoms with Crippen LogP contribution in [0.1, 0.15) is 15.9 Å². The van der Waals surface area contributed by atoms with Crippen molar-refractivity contribution < 1.29 is 4.79 Å². The van der Waals surface area contributed by atoms with Crippen LogP contribution in [0.25, 0.3) is 11.1 Å². The zero-order valence-electron chi connectivity index (χ0n) is 11.7. The van der Waals surface area contributed by atoms with Crippen molar-refractivity contribution in [3.05, 3.63) is 65.0 Å². The van der Waals surface area contributed by atoms with Crippen molar-refractivity contribution in [2.45, 2.75) is 6.54 Å². The van der Waals surface area contributed by atoms with E-state index in [1.54, 1.807) is 23.4 Å². The van der Waals surface area contributed by atoms with E-state index in [1.807, 2.05) is 24.3 Å². The number of carbonyl (C=O) groups is 1. The molecule has 4 nitrogen and oxygen atoms in total. The topological polar surface area (TPSA) is 57.0 Å². The highest BCUT2D eigenvalue weighted by molar-refractivity contribution is 6.30. The van der Waals surface area contributed by atoms with Crippen molar-refractivity contribution in [2.75, 3.05) is 6.54 Å². The molecule has 0 N–H and O–H groups in total. The number of pyridine rings is 1. The number of halogens is 1. The summed E-state index contributed by atoms with van der Waals surface area (Å²) in [5, 5.41) is 9.40. The fourth-order valence-corrected chi connectivity index (χ4v) is 2.79. The van der Waals surface area contributed by atoms with Crippen molar-refractivity contribution in [2.24, 2.45) is 0 Å². The van der Waals surface area contributed by atoms with E-state index in [1.165, 1.54) is 0 Å². The number of amides is 1. The molecule has 0 fully saturated rings. The maximum Gasteiger partial charge on any atom is 0.254 e. The third-order valence-corrected chi connectivity index (χ3v) is 3.81. The summed E-state index contributed by atoms with van der Waals surface area (Å²) in [6.07, 6.45) is 3.30. The Balaban J connectivity index is 2.02. The van der Waals surface area contributed by atoms with Crippen LogP contribution in [0.15, 0.2) is 48.8 Å². The van der Waals surface area contributed by atoms with Gasteiger partial charge in [0.2, 0.25) is 0 Å². The van der Waals surface area contributed by atoms with Gasteiger partial charge in [0.05, 0.1) is 17.6 Å². The van der Waals surface area contributed by atoms with Gasteiger partial charge in [-0.05, 0) is 23.3 Å². The van der Waals surface area contributed by atoms with E-state index < -0.39 is 0 Å². The molecule has 3 rings (SSSR count). The second-order valence-corrected chi connectivity index (χ2v) is 5.54. The lowest BCUT2D eigenvalue weighted by molar-refractivity contribution is 0.0794. The molecule has 1 aliphatic heterocycles. The summed E-state index contributed by atoms with van der Waals surface area (Å²) in [6, 6.07) is 9.39. The molecule has 0 unspecified atom stereocenters. The van der Waals surface area contributed by atoms with Crippen LogP contribution in [0.5, 0.6) is 0 Å². The molecule has 0 bridgehead atoms.